The van der Waals surface area contributed by atoms with E-state index >= 15 is 0 Å². The minimum Gasteiger partial charge on any atom is -0.486 e. The normalized spacial score (nSPS) is 12.1. The molecule has 0 aliphatic heterocycles. The molecule has 24 heavy (non-hydrogen) atoms. The summed E-state index contributed by atoms with van der Waals surface area (Å²) in [5.41, 5.74) is 14.4. The van der Waals surface area contributed by atoms with E-state index in [1.54, 1.807) is 0 Å². The predicted octanol–water partition coefficient (Wildman–Crippen LogP) is 3.21. The van der Waals surface area contributed by atoms with Crippen LogP contribution in [0.3, 0.4) is 0 Å². The molecule has 0 atom stereocenters. The molecule has 0 amide bonds. The molecule has 0 spiro atoms. The lowest BCUT2D eigenvalue weighted by Gasteiger charge is -2.25. The second kappa shape index (κ2) is 7.84. The molecule has 2 rings (SSSR count). The summed E-state index contributed by atoms with van der Waals surface area (Å²) in [6, 6.07) is 15.8. The third-order valence-electron chi connectivity index (χ3n) is 3.53. The quantitative estimate of drug-likeness (QED) is 0.562. The Labute approximate surface area is 143 Å². The summed E-state index contributed by atoms with van der Waals surface area (Å²) in [5.74, 6) is 1.05. The van der Waals surface area contributed by atoms with Gasteiger partial charge in [-0.1, -0.05) is 42.5 Å². The summed E-state index contributed by atoms with van der Waals surface area (Å²) < 4.78 is 6.11. The van der Waals surface area contributed by atoms with Crippen molar-refractivity contribution in [3.05, 3.63) is 59.7 Å². The van der Waals surface area contributed by atoms with Crippen molar-refractivity contribution in [1.82, 2.24) is 0 Å². The number of hydrogen-bond acceptors (Lipinski definition) is 3. The van der Waals surface area contributed by atoms with E-state index in [4.69, 9.17) is 16.2 Å². The van der Waals surface area contributed by atoms with Gasteiger partial charge in [0.1, 0.15) is 12.4 Å². The molecule has 0 bridgehead atoms. The molecule has 0 fully saturated rings. The third-order valence-corrected chi connectivity index (χ3v) is 3.53. The lowest BCUT2D eigenvalue weighted by molar-refractivity contribution is 0.298. The number of rotatable bonds is 6. The molecule has 0 unspecified atom stereocenters. The first-order valence-electron chi connectivity index (χ1n) is 8.08. The van der Waals surface area contributed by atoms with Gasteiger partial charge in [0.05, 0.1) is 5.69 Å². The standard InChI is InChI=1S/C19H26N4O/c1-4-22-18(20)23-16-12-8-11-15(19(2,3)21)17(16)24-13-14-9-6-5-7-10-14/h5-12H,4,13,21H2,1-3H3,(H3,20,22,23). The van der Waals surface area contributed by atoms with Gasteiger partial charge in [-0.15, -0.1) is 0 Å². The summed E-state index contributed by atoms with van der Waals surface area (Å²) in [7, 11) is 0. The van der Waals surface area contributed by atoms with E-state index in [1.807, 2.05) is 69.3 Å². The number of aliphatic imine (C=N–C) groups is 1. The van der Waals surface area contributed by atoms with Crippen LogP contribution in [0.25, 0.3) is 0 Å². The van der Waals surface area contributed by atoms with Crippen molar-refractivity contribution < 1.29 is 4.74 Å². The average Bonchev–Trinajstić information content (AvgIpc) is 2.53. The van der Waals surface area contributed by atoms with Gasteiger partial charge >= 0.3 is 0 Å². The summed E-state index contributed by atoms with van der Waals surface area (Å²) in [6.07, 6.45) is 0. The highest BCUT2D eigenvalue weighted by Crippen LogP contribution is 2.35. The van der Waals surface area contributed by atoms with Crippen LogP contribution in [-0.4, -0.2) is 12.5 Å². The number of guanidine groups is 1. The van der Waals surface area contributed by atoms with E-state index in [2.05, 4.69) is 10.3 Å². The number of ether oxygens (including phenoxy) is 1. The number of anilines is 1. The minimum atomic E-state index is -0.541. The Morgan fingerprint density at radius 3 is 2.46 bits per heavy atom. The SMILES string of the molecule is CCN=C(N)Nc1cccc(C(C)(C)N)c1OCc1ccccc1. The van der Waals surface area contributed by atoms with Crippen molar-refractivity contribution in [2.24, 2.45) is 16.5 Å². The first-order chi connectivity index (χ1) is 11.4. The second-order valence-corrected chi connectivity index (χ2v) is 6.16. The Morgan fingerprint density at radius 1 is 1.12 bits per heavy atom. The van der Waals surface area contributed by atoms with Gasteiger partial charge in [-0.3, -0.25) is 4.99 Å². The van der Waals surface area contributed by atoms with Gasteiger partial charge in [0.25, 0.3) is 0 Å². The summed E-state index contributed by atoms with van der Waals surface area (Å²) >= 11 is 0. The zero-order valence-electron chi connectivity index (χ0n) is 14.5. The van der Waals surface area contributed by atoms with Crippen LogP contribution >= 0.6 is 0 Å². The molecule has 0 saturated carbocycles. The van der Waals surface area contributed by atoms with E-state index in [-0.39, 0.29) is 0 Å². The number of nitrogens with two attached hydrogens (primary N) is 2. The average molecular weight is 326 g/mol. The molecule has 0 saturated heterocycles. The van der Waals surface area contributed by atoms with Crippen LogP contribution in [0.5, 0.6) is 5.75 Å². The first kappa shape index (κ1) is 17.8. The molecule has 0 aliphatic rings. The molecular formula is C19H26N4O. The molecule has 2 aromatic carbocycles. The Bertz CT molecular complexity index is 690. The van der Waals surface area contributed by atoms with Gasteiger partial charge < -0.3 is 21.5 Å². The lowest BCUT2D eigenvalue weighted by atomic mass is 9.94. The Hall–Kier alpha value is -2.53. The molecule has 2 aromatic rings. The molecule has 0 aliphatic carbocycles. The van der Waals surface area contributed by atoms with Crippen LogP contribution in [0.2, 0.25) is 0 Å². The lowest BCUT2D eigenvalue weighted by Crippen LogP contribution is -2.30. The topological polar surface area (TPSA) is 85.7 Å². The summed E-state index contributed by atoms with van der Waals surface area (Å²) in [6.45, 7) is 6.89. The van der Waals surface area contributed by atoms with Crippen molar-refractivity contribution in [2.75, 3.05) is 11.9 Å². The molecule has 5 heteroatoms. The van der Waals surface area contributed by atoms with E-state index in [1.165, 1.54) is 0 Å². The molecule has 128 valence electrons. The molecule has 0 aromatic heterocycles. The van der Waals surface area contributed by atoms with Crippen LogP contribution in [0.4, 0.5) is 5.69 Å². The Kier molecular flexibility index (Phi) is 5.82. The highest BCUT2D eigenvalue weighted by atomic mass is 16.5. The van der Waals surface area contributed by atoms with Crippen LogP contribution in [0, 0.1) is 0 Å². The van der Waals surface area contributed by atoms with Crippen molar-refractivity contribution in [1.29, 1.82) is 0 Å². The zero-order valence-corrected chi connectivity index (χ0v) is 14.5. The summed E-state index contributed by atoms with van der Waals surface area (Å²) in [4.78, 5) is 4.17. The number of nitrogens with zero attached hydrogens (tertiary/aromatic N) is 1. The molecular weight excluding hydrogens is 300 g/mol. The van der Waals surface area contributed by atoms with Crippen LogP contribution in [0.15, 0.2) is 53.5 Å². The maximum atomic E-state index is 6.32. The minimum absolute atomic E-state index is 0.356. The van der Waals surface area contributed by atoms with Crippen molar-refractivity contribution >= 4 is 11.6 Å². The Balaban J connectivity index is 2.34. The maximum absolute atomic E-state index is 6.32. The van der Waals surface area contributed by atoms with Gasteiger partial charge in [-0.2, -0.15) is 0 Å². The fraction of sp³-hybridized carbons (Fsp3) is 0.316. The van der Waals surface area contributed by atoms with Crippen LogP contribution < -0.4 is 21.5 Å². The van der Waals surface area contributed by atoms with Crippen LogP contribution in [-0.2, 0) is 12.1 Å². The van der Waals surface area contributed by atoms with E-state index in [0.29, 0.717) is 24.9 Å². The largest absolute Gasteiger partial charge is 0.486 e. The number of hydrogen-bond donors (Lipinski definition) is 3. The molecule has 0 radical (unpaired) electrons. The Morgan fingerprint density at radius 2 is 1.83 bits per heavy atom. The molecule has 5 N–H and O–H groups in total. The summed E-state index contributed by atoms with van der Waals surface area (Å²) in [5, 5.41) is 3.11. The number of nitrogens with one attached hydrogen (secondary N) is 1. The van der Waals surface area contributed by atoms with Gasteiger partial charge in [0.15, 0.2) is 5.96 Å². The zero-order chi connectivity index (χ0) is 17.6. The molecule has 5 nitrogen and oxygen atoms in total. The van der Waals surface area contributed by atoms with Crippen molar-refractivity contribution in [2.45, 2.75) is 32.9 Å². The van der Waals surface area contributed by atoms with E-state index in [0.717, 1.165) is 16.8 Å². The predicted molar refractivity (Wildman–Crippen MR) is 100 cm³/mol. The van der Waals surface area contributed by atoms with E-state index < -0.39 is 5.54 Å². The van der Waals surface area contributed by atoms with Crippen molar-refractivity contribution in [3.63, 3.8) is 0 Å². The smallest absolute Gasteiger partial charge is 0.193 e. The van der Waals surface area contributed by atoms with Gasteiger partial charge in [-0.05, 0) is 32.4 Å². The van der Waals surface area contributed by atoms with Crippen LogP contribution in [0.1, 0.15) is 31.9 Å². The number of benzene rings is 2. The maximum Gasteiger partial charge on any atom is 0.193 e. The van der Waals surface area contributed by atoms with Gasteiger partial charge in [0, 0.05) is 17.6 Å². The fourth-order valence-electron chi connectivity index (χ4n) is 2.38. The van der Waals surface area contributed by atoms with E-state index in [9.17, 15) is 0 Å². The fourth-order valence-corrected chi connectivity index (χ4v) is 2.38. The van der Waals surface area contributed by atoms with Crippen molar-refractivity contribution in [3.8, 4) is 5.75 Å². The highest BCUT2D eigenvalue weighted by molar-refractivity contribution is 5.94. The third kappa shape index (κ3) is 4.73. The number of para-hydroxylation sites is 1. The molecule has 0 heterocycles. The van der Waals surface area contributed by atoms with Gasteiger partial charge in [-0.25, -0.2) is 0 Å². The monoisotopic (exact) mass is 326 g/mol. The van der Waals surface area contributed by atoms with Gasteiger partial charge in [0.2, 0.25) is 0 Å². The second-order valence-electron chi connectivity index (χ2n) is 6.16. The first-order valence-corrected chi connectivity index (χ1v) is 8.08. The highest BCUT2D eigenvalue weighted by Gasteiger charge is 2.22.